The van der Waals surface area contributed by atoms with E-state index < -0.39 is 0 Å². The minimum absolute atomic E-state index is 0.144. The standard InChI is InChI=1S/C24H35N3O2S/c1-18(2)29-21-11-7-6-10-20(21)25-12-13-26-24(3,4)22-16-19(17-30-22)23(28)27-14-8-5-9-15-27/h6-7,10-11,16-18,25-26H,5,8-9,12-15H2,1-4H3. The summed E-state index contributed by atoms with van der Waals surface area (Å²) in [5.41, 5.74) is 1.64. The van der Waals surface area contributed by atoms with Crippen LogP contribution in [0.1, 0.15) is 62.2 Å². The van der Waals surface area contributed by atoms with Crippen molar-refractivity contribution in [3.05, 3.63) is 46.2 Å². The average molecular weight is 430 g/mol. The summed E-state index contributed by atoms with van der Waals surface area (Å²) in [5.74, 6) is 1.06. The van der Waals surface area contributed by atoms with E-state index in [1.165, 1.54) is 11.3 Å². The lowest BCUT2D eigenvalue weighted by Gasteiger charge is -2.27. The zero-order chi connectivity index (χ0) is 21.6. The van der Waals surface area contributed by atoms with E-state index in [9.17, 15) is 4.79 Å². The van der Waals surface area contributed by atoms with E-state index in [4.69, 9.17) is 4.74 Å². The average Bonchev–Trinajstić information content (AvgIpc) is 3.23. The summed E-state index contributed by atoms with van der Waals surface area (Å²) >= 11 is 1.66. The van der Waals surface area contributed by atoms with Gasteiger partial charge in [0.25, 0.3) is 5.91 Å². The van der Waals surface area contributed by atoms with Crippen molar-refractivity contribution >= 4 is 22.9 Å². The third-order valence-electron chi connectivity index (χ3n) is 5.36. The van der Waals surface area contributed by atoms with Crippen LogP contribution in [0.15, 0.2) is 35.7 Å². The van der Waals surface area contributed by atoms with Gasteiger partial charge in [0.2, 0.25) is 0 Å². The molecular weight excluding hydrogens is 394 g/mol. The van der Waals surface area contributed by atoms with Crippen LogP contribution in [0.4, 0.5) is 5.69 Å². The van der Waals surface area contributed by atoms with Gasteiger partial charge < -0.3 is 20.3 Å². The Balaban J connectivity index is 1.52. The Labute approximate surface area is 184 Å². The molecule has 0 atom stereocenters. The van der Waals surface area contributed by atoms with Gasteiger partial charge >= 0.3 is 0 Å². The van der Waals surface area contributed by atoms with Crippen molar-refractivity contribution in [3.63, 3.8) is 0 Å². The number of likely N-dealkylation sites (tertiary alicyclic amines) is 1. The number of thiophene rings is 1. The quantitative estimate of drug-likeness (QED) is 0.545. The summed E-state index contributed by atoms with van der Waals surface area (Å²) in [4.78, 5) is 15.9. The molecule has 1 aromatic carbocycles. The van der Waals surface area contributed by atoms with Gasteiger partial charge in [0.05, 0.1) is 17.4 Å². The normalized spacial score (nSPS) is 14.8. The maximum absolute atomic E-state index is 12.8. The predicted molar refractivity (Wildman–Crippen MR) is 126 cm³/mol. The molecule has 0 bridgehead atoms. The van der Waals surface area contributed by atoms with Crippen molar-refractivity contribution in [2.75, 3.05) is 31.5 Å². The van der Waals surface area contributed by atoms with E-state index in [2.05, 4.69) is 30.5 Å². The van der Waals surface area contributed by atoms with E-state index in [-0.39, 0.29) is 17.6 Å². The first-order valence-electron chi connectivity index (χ1n) is 11.0. The molecule has 1 fully saturated rings. The van der Waals surface area contributed by atoms with Gasteiger partial charge in [-0.05, 0) is 65.2 Å². The lowest BCUT2D eigenvalue weighted by atomic mass is 10.0. The highest BCUT2D eigenvalue weighted by Gasteiger charge is 2.25. The molecule has 6 heteroatoms. The van der Waals surface area contributed by atoms with Crippen molar-refractivity contribution in [3.8, 4) is 5.75 Å². The van der Waals surface area contributed by atoms with Crippen LogP contribution in [0.3, 0.4) is 0 Å². The third kappa shape index (κ3) is 5.99. The molecule has 0 spiro atoms. The maximum Gasteiger partial charge on any atom is 0.254 e. The first-order valence-corrected chi connectivity index (χ1v) is 11.9. The first-order chi connectivity index (χ1) is 14.4. The molecular formula is C24H35N3O2S. The molecule has 1 saturated heterocycles. The SMILES string of the molecule is CC(C)Oc1ccccc1NCCNC(C)(C)c1cc(C(=O)N2CCCCC2)cs1. The van der Waals surface area contributed by atoms with Crippen molar-refractivity contribution in [1.82, 2.24) is 10.2 Å². The van der Waals surface area contributed by atoms with Crippen LogP contribution in [-0.4, -0.2) is 43.1 Å². The Morgan fingerprint density at radius 2 is 1.90 bits per heavy atom. The highest BCUT2D eigenvalue weighted by Crippen LogP contribution is 2.28. The summed E-state index contributed by atoms with van der Waals surface area (Å²) in [7, 11) is 0. The molecule has 1 amide bonds. The Bertz CT molecular complexity index is 825. The molecule has 164 valence electrons. The van der Waals surface area contributed by atoms with E-state index in [0.29, 0.717) is 0 Å². The van der Waals surface area contributed by atoms with E-state index in [1.807, 2.05) is 48.4 Å². The monoisotopic (exact) mass is 429 g/mol. The second-order valence-electron chi connectivity index (χ2n) is 8.69. The molecule has 0 unspecified atom stereocenters. The van der Waals surface area contributed by atoms with E-state index >= 15 is 0 Å². The number of hydrogen-bond donors (Lipinski definition) is 2. The predicted octanol–water partition coefficient (Wildman–Crippen LogP) is 5.10. The molecule has 0 aliphatic carbocycles. The highest BCUT2D eigenvalue weighted by atomic mass is 32.1. The maximum atomic E-state index is 12.8. The van der Waals surface area contributed by atoms with E-state index in [1.54, 1.807) is 11.3 Å². The molecule has 1 aromatic heterocycles. The van der Waals surface area contributed by atoms with Gasteiger partial charge in [-0.15, -0.1) is 11.3 Å². The van der Waals surface area contributed by atoms with Gasteiger partial charge in [0, 0.05) is 42.0 Å². The van der Waals surface area contributed by atoms with Crippen LogP contribution in [0.25, 0.3) is 0 Å². The largest absolute Gasteiger partial charge is 0.489 e. The Hall–Kier alpha value is -2.05. The second kappa shape index (κ2) is 10.3. The number of ether oxygens (including phenoxy) is 1. The van der Waals surface area contributed by atoms with Crippen LogP contribution in [0.5, 0.6) is 5.75 Å². The van der Waals surface area contributed by atoms with Crippen LogP contribution in [0.2, 0.25) is 0 Å². The first kappa shape index (κ1) is 22.6. The minimum atomic E-state index is -0.194. The molecule has 5 nitrogen and oxygen atoms in total. The Morgan fingerprint density at radius 3 is 2.63 bits per heavy atom. The number of anilines is 1. The number of carbonyl (C=O) groups excluding carboxylic acids is 1. The Morgan fingerprint density at radius 1 is 1.17 bits per heavy atom. The van der Waals surface area contributed by atoms with Gasteiger partial charge in [0.15, 0.2) is 0 Å². The van der Waals surface area contributed by atoms with Gasteiger partial charge in [-0.2, -0.15) is 0 Å². The van der Waals surface area contributed by atoms with Gasteiger partial charge in [-0.3, -0.25) is 4.79 Å². The number of carbonyl (C=O) groups is 1. The van der Waals surface area contributed by atoms with Crippen LogP contribution >= 0.6 is 11.3 Å². The van der Waals surface area contributed by atoms with Crippen molar-refractivity contribution in [2.45, 2.75) is 58.6 Å². The molecule has 2 N–H and O–H groups in total. The fraction of sp³-hybridized carbons (Fsp3) is 0.542. The number of piperidine rings is 1. The summed E-state index contributed by atoms with van der Waals surface area (Å²) in [6, 6.07) is 10.1. The summed E-state index contributed by atoms with van der Waals surface area (Å²) in [5, 5.41) is 9.09. The second-order valence-corrected chi connectivity index (χ2v) is 9.61. The molecule has 2 heterocycles. The fourth-order valence-electron chi connectivity index (χ4n) is 3.68. The lowest BCUT2D eigenvalue weighted by Crippen LogP contribution is -2.39. The van der Waals surface area contributed by atoms with Crippen LogP contribution in [-0.2, 0) is 5.54 Å². The fourth-order valence-corrected chi connectivity index (χ4v) is 4.67. The Kier molecular flexibility index (Phi) is 7.78. The van der Waals surface area contributed by atoms with Gasteiger partial charge in [-0.25, -0.2) is 0 Å². The molecule has 0 radical (unpaired) electrons. The van der Waals surface area contributed by atoms with Gasteiger partial charge in [-0.1, -0.05) is 12.1 Å². The number of para-hydroxylation sites is 2. The number of amides is 1. The number of hydrogen-bond acceptors (Lipinski definition) is 5. The lowest BCUT2D eigenvalue weighted by molar-refractivity contribution is 0.0725. The molecule has 0 saturated carbocycles. The number of rotatable bonds is 9. The van der Waals surface area contributed by atoms with Gasteiger partial charge in [0.1, 0.15) is 5.75 Å². The van der Waals surface area contributed by atoms with Crippen LogP contribution in [0, 0.1) is 0 Å². The molecule has 1 aliphatic heterocycles. The van der Waals surface area contributed by atoms with E-state index in [0.717, 1.165) is 56.0 Å². The molecule has 30 heavy (non-hydrogen) atoms. The number of benzene rings is 1. The molecule has 2 aromatic rings. The van der Waals surface area contributed by atoms with Crippen LogP contribution < -0.4 is 15.4 Å². The minimum Gasteiger partial charge on any atom is -0.489 e. The smallest absolute Gasteiger partial charge is 0.254 e. The third-order valence-corrected chi connectivity index (χ3v) is 6.62. The van der Waals surface area contributed by atoms with Crippen molar-refractivity contribution < 1.29 is 9.53 Å². The molecule has 3 rings (SSSR count). The van der Waals surface area contributed by atoms with Crippen molar-refractivity contribution in [1.29, 1.82) is 0 Å². The summed E-state index contributed by atoms with van der Waals surface area (Å²) in [6.07, 6.45) is 3.62. The van der Waals surface area contributed by atoms with Crippen molar-refractivity contribution in [2.24, 2.45) is 0 Å². The topological polar surface area (TPSA) is 53.6 Å². The zero-order valence-electron chi connectivity index (χ0n) is 18.7. The molecule has 1 aliphatic rings. The summed E-state index contributed by atoms with van der Waals surface area (Å²) < 4.78 is 5.87. The number of nitrogens with zero attached hydrogens (tertiary/aromatic N) is 1. The summed E-state index contributed by atoms with van der Waals surface area (Å²) in [6.45, 7) is 11.8. The highest BCUT2D eigenvalue weighted by molar-refractivity contribution is 7.10. The zero-order valence-corrected chi connectivity index (χ0v) is 19.5. The number of nitrogens with one attached hydrogen (secondary N) is 2.